The van der Waals surface area contributed by atoms with Gasteiger partial charge in [-0.15, -0.1) is 0 Å². The summed E-state index contributed by atoms with van der Waals surface area (Å²) in [5, 5.41) is 0.280. The molecule has 0 aromatic heterocycles. The average molecular weight is 371 g/mol. The monoisotopic (exact) mass is 371 g/mol. The molecule has 0 unspecified atom stereocenters. The summed E-state index contributed by atoms with van der Waals surface area (Å²) >= 11 is 5.28. The Kier molecular flexibility index (Phi) is 6.97. The summed E-state index contributed by atoms with van der Waals surface area (Å²) in [4.78, 5) is 30.5. The van der Waals surface area contributed by atoms with E-state index in [4.69, 9.17) is 12.2 Å². The molecule has 0 radical (unpaired) electrons. The first-order chi connectivity index (χ1) is 12.4. The van der Waals surface area contributed by atoms with Crippen LogP contribution in [-0.4, -0.2) is 54.3 Å². The highest BCUT2D eigenvalue weighted by Crippen LogP contribution is 2.21. The largest absolute Gasteiger partial charge is 0.372 e. The molecule has 26 heavy (non-hydrogen) atoms. The Morgan fingerprint density at radius 1 is 1.08 bits per heavy atom. The normalized spacial score (nSPS) is 16.6. The van der Waals surface area contributed by atoms with Crippen molar-refractivity contribution in [3.8, 4) is 0 Å². The lowest BCUT2D eigenvalue weighted by molar-refractivity contribution is -0.131. The van der Waals surface area contributed by atoms with E-state index in [1.165, 1.54) is 9.71 Å². The van der Waals surface area contributed by atoms with Gasteiger partial charge in [-0.1, -0.05) is 25.5 Å². The van der Waals surface area contributed by atoms with Gasteiger partial charge < -0.3 is 9.71 Å². The topological polar surface area (TPSA) is 43.9 Å². The third-order valence-corrected chi connectivity index (χ3v) is 5.09. The second-order valence-corrected chi connectivity index (χ2v) is 6.64. The van der Waals surface area contributed by atoms with Crippen LogP contribution in [0.1, 0.15) is 39.2 Å². The van der Waals surface area contributed by atoms with E-state index in [1.807, 2.05) is 24.3 Å². The molecule has 138 valence electrons. The summed E-state index contributed by atoms with van der Waals surface area (Å²) in [6.45, 7) is 8.68. The lowest BCUT2D eigenvalue weighted by atomic mass is 10.0. The molecule has 0 N–H and O–H groups in total. The minimum absolute atomic E-state index is 0.160. The molecule has 2 amide bonds. The zero-order valence-corrected chi connectivity index (χ0v) is 16.8. The van der Waals surface area contributed by atoms with Crippen molar-refractivity contribution in [1.29, 1.82) is 0 Å². The Morgan fingerprint density at radius 2 is 1.69 bits per heavy atom. The van der Waals surface area contributed by atoms with Gasteiger partial charge in [0.15, 0.2) is 5.11 Å². The van der Waals surface area contributed by atoms with Crippen LogP contribution < -0.4 is 4.90 Å². The van der Waals surface area contributed by atoms with Crippen molar-refractivity contribution in [2.75, 3.05) is 24.5 Å². The molecule has 0 atom stereocenters. The van der Waals surface area contributed by atoms with E-state index in [9.17, 15) is 9.59 Å². The Morgan fingerprint density at radius 3 is 2.23 bits per heavy atom. The smallest absolute Gasteiger partial charge is 0.265 e. The van der Waals surface area contributed by atoms with Crippen LogP contribution >= 0.6 is 12.2 Å². The number of anilines is 1. The summed E-state index contributed by atoms with van der Waals surface area (Å²) < 4.78 is 0. The van der Waals surface area contributed by atoms with Gasteiger partial charge in [0.05, 0.1) is 0 Å². The molecule has 7 heteroatoms. The number of carbonyl (C=O) groups excluding carboxylic acids is 2. The molecule has 1 heterocycles. The van der Waals surface area contributed by atoms with E-state index in [0.29, 0.717) is 6.54 Å². The summed E-state index contributed by atoms with van der Waals surface area (Å²) in [5.41, 5.74) is 2.11. The molecule has 1 saturated heterocycles. The minimum atomic E-state index is -0.347. The molecular formula is C19H26BN3O2S. The number of benzene rings is 1. The molecule has 0 aliphatic carbocycles. The molecule has 1 fully saturated rings. The number of hydrogen-bond donors (Lipinski definition) is 0. The van der Waals surface area contributed by atoms with Crippen molar-refractivity contribution in [2.24, 2.45) is 0 Å². The van der Waals surface area contributed by atoms with Gasteiger partial charge in [-0.3, -0.25) is 14.5 Å². The van der Waals surface area contributed by atoms with E-state index in [0.717, 1.165) is 37.2 Å². The van der Waals surface area contributed by atoms with Crippen molar-refractivity contribution in [3.05, 3.63) is 35.4 Å². The molecular weight excluding hydrogens is 345 g/mol. The van der Waals surface area contributed by atoms with E-state index in [2.05, 4.69) is 25.7 Å². The zero-order chi connectivity index (χ0) is 19.3. The maximum absolute atomic E-state index is 12.8. The Labute approximate surface area is 162 Å². The number of hydrogen-bond acceptors (Lipinski definition) is 4. The van der Waals surface area contributed by atoms with E-state index in [1.54, 1.807) is 14.1 Å². The van der Waals surface area contributed by atoms with Crippen LogP contribution in [0.3, 0.4) is 0 Å². The number of unbranched alkanes of at least 4 members (excludes halogenated alkanes) is 1. The van der Waals surface area contributed by atoms with Gasteiger partial charge in [-0.25, -0.2) is 0 Å². The van der Waals surface area contributed by atoms with Crippen molar-refractivity contribution < 1.29 is 9.59 Å². The Hall–Kier alpha value is -2.15. The fraction of sp³-hybridized carbons (Fsp3) is 0.421. The second-order valence-electron chi connectivity index (χ2n) is 6.28. The molecule has 5 nitrogen and oxygen atoms in total. The molecule has 1 aromatic rings. The van der Waals surface area contributed by atoms with Crippen LogP contribution in [0.5, 0.6) is 0 Å². The predicted molar refractivity (Wildman–Crippen MR) is 113 cm³/mol. The fourth-order valence-electron chi connectivity index (χ4n) is 2.95. The number of rotatable bonds is 7. The van der Waals surface area contributed by atoms with Crippen LogP contribution in [0.25, 0.3) is 6.08 Å². The first-order valence-corrected chi connectivity index (χ1v) is 9.55. The number of amides is 2. The second kappa shape index (κ2) is 8.99. The van der Waals surface area contributed by atoms with E-state index >= 15 is 0 Å². The molecule has 2 rings (SSSR count). The summed E-state index contributed by atoms with van der Waals surface area (Å²) in [6, 6.07) is 7.90. The van der Waals surface area contributed by atoms with Crippen molar-refractivity contribution in [3.63, 3.8) is 0 Å². The highest BCUT2D eigenvalue weighted by molar-refractivity contribution is 7.80. The van der Waals surface area contributed by atoms with Crippen LogP contribution in [0.2, 0.25) is 0 Å². The maximum Gasteiger partial charge on any atom is 0.265 e. The Bertz CT molecular complexity index is 714. The third-order valence-electron chi connectivity index (χ3n) is 4.60. The van der Waals surface area contributed by atoms with Gasteiger partial charge in [-0.2, -0.15) is 0 Å². The Balaban J connectivity index is 2.30. The van der Waals surface area contributed by atoms with Gasteiger partial charge in [0.2, 0.25) is 7.98 Å². The van der Waals surface area contributed by atoms with E-state index < -0.39 is 0 Å². The standard InChI is InChI=1S/C19H26BN3O2S/c1-4-7-12-22-17(24)16(18(25)23(20)19(22)26)13-14-8-10-15(11-9-14)21(5-2)6-3/h8-11,13H,4-7,12,20H2,1-3H3/b16-13+. The summed E-state index contributed by atoms with van der Waals surface area (Å²) in [5.74, 6) is -0.653. The zero-order valence-electron chi connectivity index (χ0n) is 16.0. The van der Waals surface area contributed by atoms with Crippen molar-refractivity contribution in [1.82, 2.24) is 9.71 Å². The molecule has 1 aromatic carbocycles. The molecule has 0 spiro atoms. The third kappa shape index (κ3) is 4.15. The number of carbonyl (C=O) groups is 2. The first-order valence-electron chi connectivity index (χ1n) is 9.15. The quantitative estimate of drug-likeness (QED) is 0.319. The van der Waals surface area contributed by atoms with Gasteiger partial charge in [0.1, 0.15) is 5.57 Å². The fourth-order valence-corrected chi connectivity index (χ4v) is 3.20. The van der Waals surface area contributed by atoms with Crippen molar-refractivity contribution >= 4 is 48.9 Å². The van der Waals surface area contributed by atoms with E-state index in [-0.39, 0.29) is 22.5 Å². The van der Waals surface area contributed by atoms with Crippen molar-refractivity contribution in [2.45, 2.75) is 33.6 Å². The average Bonchev–Trinajstić information content (AvgIpc) is 2.66. The molecule has 0 saturated carbocycles. The minimum Gasteiger partial charge on any atom is -0.372 e. The van der Waals surface area contributed by atoms with Gasteiger partial charge in [0.25, 0.3) is 11.8 Å². The van der Waals surface area contributed by atoms with Gasteiger partial charge >= 0.3 is 0 Å². The van der Waals surface area contributed by atoms with Crippen LogP contribution in [0, 0.1) is 0 Å². The van der Waals surface area contributed by atoms with Gasteiger partial charge in [-0.05, 0) is 56.3 Å². The lowest BCUT2D eigenvalue weighted by Gasteiger charge is -2.35. The highest BCUT2D eigenvalue weighted by Gasteiger charge is 2.36. The maximum atomic E-state index is 12.8. The molecule has 1 aliphatic rings. The van der Waals surface area contributed by atoms with Crippen LogP contribution in [0.4, 0.5) is 5.69 Å². The molecule has 1 aliphatic heterocycles. The summed E-state index contributed by atoms with van der Waals surface area (Å²) in [6.07, 6.45) is 3.46. The number of thiocarbonyl (C=S) groups is 1. The summed E-state index contributed by atoms with van der Waals surface area (Å²) in [7, 11) is 1.62. The number of nitrogens with zero attached hydrogens (tertiary/aromatic N) is 3. The van der Waals surface area contributed by atoms with Gasteiger partial charge in [0, 0.05) is 25.3 Å². The lowest BCUT2D eigenvalue weighted by Crippen LogP contribution is -2.55. The van der Waals surface area contributed by atoms with Crippen LogP contribution in [-0.2, 0) is 9.59 Å². The SMILES string of the molecule is BN1C(=O)/C(=C/c2ccc(N(CC)CC)cc2)C(=O)N(CCCC)C1=S. The first kappa shape index (κ1) is 20.2. The highest BCUT2D eigenvalue weighted by atomic mass is 32.1. The predicted octanol–water partition coefficient (Wildman–Crippen LogP) is 2.22. The molecule has 0 bridgehead atoms. The van der Waals surface area contributed by atoms with Crippen LogP contribution in [0.15, 0.2) is 29.8 Å².